The Hall–Kier alpha value is -1.39. The molecule has 0 aromatic carbocycles. The van der Waals surface area contributed by atoms with Gasteiger partial charge >= 0.3 is 11.9 Å². The quantitative estimate of drug-likeness (QED) is 0.0468. The van der Waals surface area contributed by atoms with E-state index in [9.17, 15) is 14.4 Å². The SMILES string of the molecule is CCCCCCCCC(CCCCCC)COC(=O)CCCCCC(=O)CCCCCC(=O)OCC(CCCCCC)CCCCCCCC. The maximum absolute atomic E-state index is 12.4. The summed E-state index contributed by atoms with van der Waals surface area (Å²) in [5.41, 5.74) is 0. The Balaban J connectivity index is 4.02. The minimum Gasteiger partial charge on any atom is -0.465 e. The Morgan fingerprint density at radius 2 is 0.600 bits per heavy atom. The van der Waals surface area contributed by atoms with Crippen LogP contribution in [0.1, 0.15) is 246 Å². The third-order valence-electron chi connectivity index (χ3n) is 10.5. The van der Waals surface area contributed by atoms with Crippen LogP contribution in [0, 0.1) is 11.8 Å². The molecule has 0 radical (unpaired) electrons. The molecular formula is C45H86O5. The third-order valence-corrected chi connectivity index (χ3v) is 10.5. The van der Waals surface area contributed by atoms with Crippen molar-refractivity contribution in [3.63, 3.8) is 0 Å². The standard InChI is InChI=1S/C45H86O5/c1-5-9-13-17-19-25-33-41(31-23-15-11-7-3)39-49-44(47)37-29-21-27-35-43(46)36-28-22-30-38-45(48)50-40-42(32-24-16-12-8-4)34-26-20-18-14-10-6-2/h41-42H,5-40H2,1-4H3. The summed E-state index contributed by atoms with van der Waals surface area (Å²) < 4.78 is 11.4. The number of carbonyl (C=O) groups is 3. The molecule has 0 amide bonds. The third kappa shape index (κ3) is 35.0. The molecule has 0 fully saturated rings. The highest BCUT2D eigenvalue weighted by atomic mass is 16.5. The summed E-state index contributed by atoms with van der Waals surface area (Å²) in [5, 5.41) is 0. The number of carbonyl (C=O) groups excluding carboxylic acids is 3. The van der Waals surface area contributed by atoms with E-state index in [1.165, 1.54) is 154 Å². The van der Waals surface area contributed by atoms with E-state index in [1.54, 1.807) is 0 Å². The van der Waals surface area contributed by atoms with Gasteiger partial charge in [0.05, 0.1) is 13.2 Å². The highest BCUT2D eigenvalue weighted by Crippen LogP contribution is 2.21. The Morgan fingerprint density at radius 3 is 0.940 bits per heavy atom. The summed E-state index contributed by atoms with van der Waals surface area (Å²) >= 11 is 0. The highest BCUT2D eigenvalue weighted by molar-refractivity contribution is 5.78. The summed E-state index contributed by atoms with van der Waals surface area (Å²) in [4.78, 5) is 37.2. The number of unbranched alkanes of at least 4 members (excludes halogenated alkanes) is 20. The van der Waals surface area contributed by atoms with Gasteiger partial charge < -0.3 is 9.47 Å². The van der Waals surface area contributed by atoms with Gasteiger partial charge in [-0.05, 0) is 63.2 Å². The zero-order valence-electron chi connectivity index (χ0n) is 34.2. The number of hydrogen-bond donors (Lipinski definition) is 0. The minimum atomic E-state index is -0.0725. The fourth-order valence-corrected chi connectivity index (χ4v) is 7.00. The van der Waals surface area contributed by atoms with Crippen LogP contribution in [0.5, 0.6) is 0 Å². The summed E-state index contributed by atoms with van der Waals surface area (Å²) in [6.07, 6.45) is 37.7. The molecule has 0 saturated carbocycles. The van der Waals surface area contributed by atoms with E-state index in [1.807, 2.05) is 0 Å². The fourth-order valence-electron chi connectivity index (χ4n) is 7.00. The maximum Gasteiger partial charge on any atom is 0.305 e. The van der Waals surface area contributed by atoms with Crippen molar-refractivity contribution in [2.45, 2.75) is 246 Å². The van der Waals surface area contributed by atoms with Crippen molar-refractivity contribution in [1.82, 2.24) is 0 Å². The lowest BCUT2D eigenvalue weighted by molar-refractivity contribution is -0.146. The van der Waals surface area contributed by atoms with Gasteiger partial charge in [-0.15, -0.1) is 0 Å². The van der Waals surface area contributed by atoms with Gasteiger partial charge in [0.15, 0.2) is 0 Å². The van der Waals surface area contributed by atoms with Gasteiger partial charge in [0.2, 0.25) is 0 Å². The topological polar surface area (TPSA) is 69.7 Å². The number of ether oxygens (including phenoxy) is 2. The molecule has 0 aromatic heterocycles. The molecule has 296 valence electrons. The maximum atomic E-state index is 12.4. The van der Waals surface area contributed by atoms with E-state index < -0.39 is 0 Å². The van der Waals surface area contributed by atoms with Crippen molar-refractivity contribution < 1.29 is 23.9 Å². The van der Waals surface area contributed by atoms with E-state index in [4.69, 9.17) is 9.47 Å². The molecular weight excluding hydrogens is 620 g/mol. The smallest absolute Gasteiger partial charge is 0.305 e. The van der Waals surface area contributed by atoms with Gasteiger partial charge in [-0.2, -0.15) is 0 Å². The molecule has 0 aliphatic carbocycles. The van der Waals surface area contributed by atoms with Gasteiger partial charge in [-0.1, -0.05) is 169 Å². The van der Waals surface area contributed by atoms with Crippen LogP contribution in [0.2, 0.25) is 0 Å². The first-order chi connectivity index (χ1) is 24.5. The molecule has 0 aliphatic rings. The molecule has 0 aromatic rings. The molecule has 50 heavy (non-hydrogen) atoms. The summed E-state index contributed by atoms with van der Waals surface area (Å²) in [7, 11) is 0. The lowest BCUT2D eigenvalue weighted by Gasteiger charge is -2.17. The largest absolute Gasteiger partial charge is 0.465 e. The lowest BCUT2D eigenvalue weighted by atomic mass is 9.95. The monoisotopic (exact) mass is 707 g/mol. The minimum absolute atomic E-state index is 0.0725. The second-order valence-electron chi connectivity index (χ2n) is 15.6. The van der Waals surface area contributed by atoms with Crippen molar-refractivity contribution >= 4 is 17.7 Å². The van der Waals surface area contributed by atoms with Crippen molar-refractivity contribution in [2.24, 2.45) is 11.8 Å². The van der Waals surface area contributed by atoms with Gasteiger partial charge in [-0.25, -0.2) is 0 Å². The van der Waals surface area contributed by atoms with Crippen LogP contribution in [0.25, 0.3) is 0 Å². The van der Waals surface area contributed by atoms with Crippen molar-refractivity contribution in [3.8, 4) is 0 Å². The van der Waals surface area contributed by atoms with Crippen LogP contribution in [0.15, 0.2) is 0 Å². The van der Waals surface area contributed by atoms with Crippen LogP contribution < -0.4 is 0 Å². The van der Waals surface area contributed by atoms with Crippen molar-refractivity contribution in [2.75, 3.05) is 13.2 Å². The molecule has 2 atom stereocenters. The summed E-state index contributed by atoms with van der Waals surface area (Å²) in [6, 6.07) is 0. The number of esters is 2. The number of Topliss-reactive ketones (excluding diaryl/α,β-unsaturated/α-hetero) is 1. The molecule has 0 bridgehead atoms. The Morgan fingerprint density at radius 1 is 0.340 bits per heavy atom. The highest BCUT2D eigenvalue weighted by Gasteiger charge is 2.14. The van der Waals surface area contributed by atoms with Crippen molar-refractivity contribution in [3.05, 3.63) is 0 Å². The average Bonchev–Trinajstić information content (AvgIpc) is 3.11. The van der Waals surface area contributed by atoms with E-state index >= 15 is 0 Å². The van der Waals surface area contributed by atoms with Gasteiger partial charge in [0, 0.05) is 25.7 Å². The predicted molar refractivity (Wildman–Crippen MR) is 214 cm³/mol. The van der Waals surface area contributed by atoms with Crippen molar-refractivity contribution in [1.29, 1.82) is 0 Å². The van der Waals surface area contributed by atoms with Gasteiger partial charge in [-0.3, -0.25) is 14.4 Å². The van der Waals surface area contributed by atoms with Crippen LogP contribution >= 0.6 is 0 Å². The molecule has 0 spiro atoms. The molecule has 5 heteroatoms. The lowest BCUT2D eigenvalue weighted by Crippen LogP contribution is -2.14. The normalized spacial score (nSPS) is 12.6. The van der Waals surface area contributed by atoms with E-state index in [2.05, 4.69) is 27.7 Å². The van der Waals surface area contributed by atoms with Crippen LogP contribution in [-0.4, -0.2) is 30.9 Å². The zero-order valence-corrected chi connectivity index (χ0v) is 34.2. The molecule has 0 saturated heterocycles. The second-order valence-corrected chi connectivity index (χ2v) is 15.6. The summed E-state index contributed by atoms with van der Waals surface area (Å²) in [5.74, 6) is 1.16. The number of rotatable bonds is 40. The molecule has 0 heterocycles. The number of hydrogen-bond acceptors (Lipinski definition) is 5. The van der Waals surface area contributed by atoms with Gasteiger partial charge in [0.1, 0.15) is 5.78 Å². The van der Waals surface area contributed by atoms with Gasteiger partial charge in [0.25, 0.3) is 0 Å². The average molecular weight is 707 g/mol. The van der Waals surface area contributed by atoms with Crippen LogP contribution in [0.3, 0.4) is 0 Å². The molecule has 5 nitrogen and oxygen atoms in total. The molecule has 0 aliphatic heterocycles. The zero-order chi connectivity index (χ0) is 36.8. The number of ketones is 1. The van der Waals surface area contributed by atoms with Crippen LogP contribution in [-0.2, 0) is 23.9 Å². The van der Waals surface area contributed by atoms with E-state index in [0.717, 1.165) is 38.5 Å². The van der Waals surface area contributed by atoms with Crippen LogP contribution in [0.4, 0.5) is 0 Å². The fraction of sp³-hybridized carbons (Fsp3) is 0.933. The van der Waals surface area contributed by atoms with E-state index in [0.29, 0.717) is 56.5 Å². The first kappa shape index (κ1) is 48.6. The second kappa shape index (κ2) is 38.8. The summed E-state index contributed by atoms with van der Waals surface area (Å²) in [6.45, 7) is 10.2. The first-order valence-electron chi connectivity index (χ1n) is 22.3. The predicted octanol–water partition coefficient (Wildman–Crippen LogP) is 14.2. The van der Waals surface area contributed by atoms with E-state index in [-0.39, 0.29) is 11.9 Å². The Bertz CT molecular complexity index is 690. The Kier molecular flexibility index (Phi) is 37.8. The molecule has 0 rings (SSSR count). The first-order valence-corrected chi connectivity index (χ1v) is 22.3. The molecule has 0 N–H and O–H groups in total. The molecule has 2 unspecified atom stereocenters. The Labute approximate surface area is 312 Å².